The number of aliphatic carboxylic acids is 1. The van der Waals surface area contributed by atoms with Gasteiger partial charge in [-0.05, 0) is 19.3 Å². The SMILES string of the molecule is CCOC(=O)ON1CCN(C(=O)[C@H](CCC(=O)O)NC(=O)c2cc(C#CCO)nc(-c3ccccc3)n2)CC1. The Hall–Kier alpha value is -4.54. The zero-order valence-corrected chi connectivity index (χ0v) is 21.3. The average Bonchev–Trinajstić information content (AvgIpc) is 2.94. The van der Waals surface area contributed by atoms with Gasteiger partial charge in [-0.2, -0.15) is 0 Å². The molecule has 0 unspecified atom stereocenters. The largest absolute Gasteiger partial charge is 0.527 e. The van der Waals surface area contributed by atoms with E-state index in [-0.39, 0.29) is 62.8 Å². The number of ether oxygens (including phenoxy) is 1. The third-order valence-electron chi connectivity index (χ3n) is 5.55. The highest BCUT2D eigenvalue weighted by Gasteiger charge is 2.31. The summed E-state index contributed by atoms with van der Waals surface area (Å²) in [6.45, 7) is 2.20. The van der Waals surface area contributed by atoms with Crippen LogP contribution in [0.1, 0.15) is 35.9 Å². The molecule has 1 fully saturated rings. The Morgan fingerprint density at radius 3 is 2.46 bits per heavy atom. The van der Waals surface area contributed by atoms with Gasteiger partial charge in [0.05, 0.1) is 19.7 Å². The van der Waals surface area contributed by atoms with E-state index < -0.39 is 36.6 Å². The fourth-order valence-corrected chi connectivity index (χ4v) is 3.70. The monoisotopic (exact) mass is 539 g/mol. The number of carbonyl (C=O) groups is 4. The van der Waals surface area contributed by atoms with Gasteiger partial charge in [-0.1, -0.05) is 36.3 Å². The molecule has 2 amide bonds. The molecule has 0 aliphatic carbocycles. The van der Waals surface area contributed by atoms with Crippen LogP contribution in [0.5, 0.6) is 0 Å². The maximum absolute atomic E-state index is 13.3. The minimum atomic E-state index is -1.15. The third kappa shape index (κ3) is 8.77. The van der Waals surface area contributed by atoms with Gasteiger partial charge in [0.15, 0.2) is 5.82 Å². The number of carboxylic acids is 1. The molecule has 13 heteroatoms. The van der Waals surface area contributed by atoms with Gasteiger partial charge >= 0.3 is 12.1 Å². The predicted octanol–water partition coefficient (Wildman–Crippen LogP) is 0.683. The maximum Gasteiger partial charge on any atom is 0.527 e. The average molecular weight is 540 g/mol. The molecule has 0 saturated carbocycles. The standard InChI is InChI=1S/C26H29N5O8/c1-2-38-26(37)39-31-14-12-30(13-15-31)25(36)20(10-11-22(33)34)29-24(35)21-17-19(9-6-16-32)27-23(28-21)18-7-4-3-5-8-18/h3-5,7-8,17,20,32H,2,10-16H2,1H3,(H,29,35)(H,33,34)/t20-/m0/s1. The molecule has 1 atom stereocenters. The summed E-state index contributed by atoms with van der Waals surface area (Å²) in [6.07, 6.45) is -1.34. The highest BCUT2D eigenvalue weighted by molar-refractivity contribution is 5.96. The molecule has 206 valence electrons. The van der Waals surface area contributed by atoms with Crippen molar-refractivity contribution in [3.8, 4) is 23.2 Å². The lowest BCUT2D eigenvalue weighted by Crippen LogP contribution is -2.55. The summed E-state index contributed by atoms with van der Waals surface area (Å²) < 4.78 is 4.75. The van der Waals surface area contributed by atoms with E-state index in [2.05, 4.69) is 27.1 Å². The lowest BCUT2D eigenvalue weighted by Gasteiger charge is -2.35. The second-order valence-corrected chi connectivity index (χ2v) is 8.28. The number of nitrogens with zero attached hydrogens (tertiary/aromatic N) is 4. The van der Waals surface area contributed by atoms with Crippen molar-refractivity contribution in [3.05, 3.63) is 47.8 Å². The lowest BCUT2D eigenvalue weighted by atomic mass is 10.1. The van der Waals surface area contributed by atoms with Crippen LogP contribution in [0.15, 0.2) is 36.4 Å². The minimum absolute atomic E-state index is 0.0770. The van der Waals surface area contributed by atoms with Crippen molar-refractivity contribution in [3.63, 3.8) is 0 Å². The van der Waals surface area contributed by atoms with Crippen LogP contribution in [0.2, 0.25) is 0 Å². The molecule has 13 nitrogen and oxygen atoms in total. The number of rotatable bonds is 9. The maximum atomic E-state index is 13.3. The van der Waals surface area contributed by atoms with Crippen LogP contribution in [0.25, 0.3) is 11.4 Å². The van der Waals surface area contributed by atoms with E-state index in [9.17, 15) is 24.3 Å². The van der Waals surface area contributed by atoms with Gasteiger partial charge in [0.1, 0.15) is 24.0 Å². The number of carbonyl (C=O) groups excluding carboxylic acids is 3. The normalized spacial score (nSPS) is 13.9. The number of aliphatic hydroxyl groups is 1. The van der Waals surface area contributed by atoms with Gasteiger partial charge in [-0.3, -0.25) is 14.4 Å². The Bertz CT molecular complexity index is 1240. The molecule has 1 aromatic heterocycles. The molecule has 0 radical (unpaired) electrons. The number of nitrogens with one attached hydrogen (secondary N) is 1. The first-order chi connectivity index (χ1) is 18.8. The number of carboxylic acid groups (broad SMARTS) is 1. The molecule has 1 aliphatic rings. The van der Waals surface area contributed by atoms with Gasteiger partial charge < -0.3 is 30.0 Å². The van der Waals surface area contributed by atoms with Crippen LogP contribution in [0.4, 0.5) is 4.79 Å². The summed E-state index contributed by atoms with van der Waals surface area (Å²) in [7, 11) is 0. The van der Waals surface area contributed by atoms with E-state index in [0.29, 0.717) is 5.56 Å². The number of piperazine rings is 1. The van der Waals surface area contributed by atoms with Gasteiger partial charge in [0.2, 0.25) is 5.91 Å². The first-order valence-corrected chi connectivity index (χ1v) is 12.3. The smallest absolute Gasteiger partial charge is 0.481 e. The zero-order valence-electron chi connectivity index (χ0n) is 21.3. The van der Waals surface area contributed by atoms with Gasteiger partial charge in [0, 0.05) is 31.1 Å². The molecule has 2 aromatic rings. The van der Waals surface area contributed by atoms with Crippen molar-refractivity contribution in [1.82, 2.24) is 25.2 Å². The summed E-state index contributed by atoms with van der Waals surface area (Å²) in [5.41, 5.74) is 0.738. The van der Waals surface area contributed by atoms with Crippen LogP contribution >= 0.6 is 0 Å². The number of hydrogen-bond donors (Lipinski definition) is 3. The number of aliphatic hydroxyl groups excluding tert-OH is 1. The highest BCUT2D eigenvalue weighted by Crippen LogP contribution is 2.16. The molecule has 1 saturated heterocycles. The molecule has 0 spiro atoms. The van der Waals surface area contributed by atoms with E-state index in [1.165, 1.54) is 16.0 Å². The van der Waals surface area contributed by atoms with Crippen LogP contribution < -0.4 is 5.32 Å². The van der Waals surface area contributed by atoms with Gasteiger partial charge in [-0.15, -0.1) is 5.06 Å². The van der Waals surface area contributed by atoms with Crippen molar-refractivity contribution in [2.75, 3.05) is 39.4 Å². The van der Waals surface area contributed by atoms with Crippen LogP contribution in [0, 0.1) is 11.8 Å². The van der Waals surface area contributed by atoms with E-state index in [0.717, 1.165) is 0 Å². The molecular formula is C26H29N5O8. The van der Waals surface area contributed by atoms with Crippen LogP contribution in [-0.2, 0) is 19.2 Å². The van der Waals surface area contributed by atoms with E-state index in [1.807, 2.05) is 6.07 Å². The second kappa shape index (κ2) is 14.4. The van der Waals surface area contributed by atoms with Crippen molar-refractivity contribution in [2.45, 2.75) is 25.8 Å². The Labute approximate surface area is 224 Å². The molecular weight excluding hydrogens is 510 g/mol. The summed E-state index contributed by atoms with van der Waals surface area (Å²) >= 11 is 0. The van der Waals surface area contributed by atoms with Crippen molar-refractivity contribution < 1.29 is 39.0 Å². The number of amides is 2. The Balaban J connectivity index is 1.77. The van der Waals surface area contributed by atoms with Crippen LogP contribution in [0.3, 0.4) is 0 Å². The number of benzene rings is 1. The fourth-order valence-electron chi connectivity index (χ4n) is 3.70. The van der Waals surface area contributed by atoms with Crippen molar-refractivity contribution >= 4 is 23.9 Å². The molecule has 3 rings (SSSR count). The molecule has 0 bridgehead atoms. The fraction of sp³-hybridized carbons (Fsp3) is 0.385. The van der Waals surface area contributed by atoms with Crippen molar-refractivity contribution in [1.29, 1.82) is 0 Å². The topological polar surface area (TPSA) is 171 Å². The quantitative estimate of drug-likeness (QED) is 0.302. The molecule has 3 N–H and O–H groups in total. The Kier molecular flexibility index (Phi) is 10.7. The van der Waals surface area contributed by atoms with E-state index in [4.69, 9.17) is 14.7 Å². The first-order valence-electron chi connectivity index (χ1n) is 12.3. The number of hydroxylamine groups is 2. The predicted molar refractivity (Wildman–Crippen MR) is 136 cm³/mol. The van der Waals surface area contributed by atoms with E-state index >= 15 is 0 Å². The second-order valence-electron chi connectivity index (χ2n) is 8.28. The highest BCUT2D eigenvalue weighted by atomic mass is 16.8. The summed E-state index contributed by atoms with van der Waals surface area (Å²) in [5.74, 6) is 3.05. The number of aromatic nitrogens is 2. The van der Waals surface area contributed by atoms with Crippen molar-refractivity contribution in [2.24, 2.45) is 0 Å². The third-order valence-corrected chi connectivity index (χ3v) is 5.55. The first kappa shape index (κ1) is 29.0. The molecule has 39 heavy (non-hydrogen) atoms. The molecule has 2 heterocycles. The van der Waals surface area contributed by atoms with E-state index in [1.54, 1.807) is 31.2 Å². The van der Waals surface area contributed by atoms with Gasteiger partial charge in [0.25, 0.3) is 5.91 Å². The summed E-state index contributed by atoms with van der Waals surface area (Å²) in [6, 6.07) is 9.07. The van der Waals surface area contributed by atoms with Crippen LogP contribution in [-0.4, -0.2) is 99.5 Å². The molecule has 1 aliphatic heterocycles. The lowest BCUT2D eigenvalue weighted by molar-refractivity contribution is -0.157. The zero-order chi connectivity index (χ0) is 28.2. The van der Waals surface area contributed by atoms with Gasteiger partial charge in [-0.25, -0.2) is 14.8 Å². The Morgan fingerprint density at radius 1 is 1.10 bits per heavy atom. The molecule has 1 aromatic carbocycles. The Morgan fingerprint density at radius 2 is 1.82 bits per heavy atom. The summed E-state index contributed by atoms with van der Waals surface area (Å²) in [4.78, 5) is 64.5. The summed E-state index contributed by atoms with van der Waals surface area (Å²) in [5, 5.41) is 22.2. The number of hydrogen-bond acceptors (Lipinski definition) is 10. The minimum Gasteiger partial charge on any atom is -0.481 e.